The van der Waals surface area contributed by atoms with Crippen LogP contribution in [-0.4, -0.2) is 10.4 Å². The molecule has 0 radical (unpaired) electrons. The molecule has 0 spiro atoms. The molecule has 2 nitrogen and oxygen atoms in total. The normalized spacial score (nSPS) is 12.9. The highest BCUT2D eigenvalue weighted by molar-refractivity contribution is 5.85. The van der Waals surface area contributed by atoms with Crippen LogP contribution in [0, 0.1) is 0 Å². The third kappa shape index (κ3) is 1.87. The summed E-state index contributed by atoms with van der Waals surface area (Å²) in [7, 11) is 2.05. The molecule has 0 aliphatic heterocycles. The highest BCUT2D eigenvalue weighted by Gasteiger charge is 2.13. The molecule has 0 aliphatic carbocycles. The third-order valence-corrected chi connectivity index (χ3v) is 3.05. The van der Waals surface area contributed by atoms with Gasteiger partial charge in [0.2, 0.25) is 0 Å². The van der Waals surface area contributed by atoms with E-state index in [0.29, 0.717) is 12.3 Å². The number of para-hydroxylation sites is 1. The maximum Gasteiger partial charge on any atom is 0.130 e. The van der Waals surface area contributed by atoms with Gasteiger partial charge in [0.1, 0.15) is 5.78 Å². The number of ketones is 1. The lowest BCUT2D eigenvalue weighted by molar-refractivity contribution is -0.117. The lowest BCUT2D eigenvalue weighted by atomic mass is 9.96. The van der Waals surface area contributed by atoms with Crippen LogP contribution in [0.4, 0.5) is 0 Å². The van der Waals surface area contributed by atoms with E-state index in [2.05, 4.69) is 29.8 Å². The fourth-order valence-electron chi connectivity index (χ4n) is 2.31. The summed E-state index contributed by atoms with van der Waals surface area (Å²) in [5, 5.41) is 1.26. The van der Waals surface area contributed by atoms with Gasteiger partial charge in [-0.3, -0.25) is 0 Å². The van der Waals surface area contributed by atoms with E-state index >= 15 is 0 Å². The molecule has 1 aromatic carbocycles. The summed E-state index contributed by atoms with van der Waals surface area (Å²) in [5.41, 5.74) is 2.50. The fraction of sp³-hybridized carbons (Fsp3) is 0.357. The molecular weight excluding hydrogens is 198 g/mol. The second kappa shape index (κ2) is 4.12. The van der Waals surface area contributed by atoms with E-state index in [1.54, 1.807) is 6.92 Å². The SMILES string of the molecule is CC(=O)C[C@H](C)c1cn(C)c2ccccc12. The highest BCUT2D eigenvalue weighted by Crippen LogP contribution is 2.28. The van der Waals surface area contributed by atoms with Crippen LogP contribution in [0.1, 0.15) is 31.7 Å². The Balaban J connectivity index is 2.48. The van der Waals surface area contributed by atoms with Crippen molar-refractivity contribution < 1.29 is 4.79 Å². The summed E-state index contributed by atoms with van der Waals surface area (Å²) in [5.74, 6) is 0.545. The van der Waals surface area contributed by atoms with Gasteiger partial charge in [-0.2, -0.15) is 0 Å². The first-order chi connectivity index (χ1) is 7.59. The van der Waals surface area contributed by atoms with Crippen molar-refractivity contribution in [3.63, 3.8) is 0 Å². The van der Waals surface area contributed by atoms with E-state index in [9.17, 15) is 4.79 Å². The Morgan fingerprint density at radius 2 is 2.06 bits per heavy atom. The fourth-order valence-corrected chi connectivity index (χ4v) is 2.31. The van der Waals surface area contributed by atoms with E-state index in [4.69, 9.17) is 0 Å². The molecule has 1 heterocycles. The zero-order valence-corrected chi connectivity index (χ0v) is 10.0. The number of rotatable bonds is 3. The molecule has 0 saturated carbocycles. The molecule has 16 heavy (non-hydrogen) atoms. The topological polar surface area (TPSA) is 22.0 Å². The van der Waals surface area contributed by atoms with Crippen LogP contribution in [0.3, 0.4) is 0 Å². The predicted octanol–water partition coefficient (Wildman–Crippen LogP) is 3.26. The van der Waals surface area contributed by atoms with Crippen molar-refractivity contribution in [2.75, 3.05) is 0 Å². The zero-order valence-electron chi connectivity index (χ0n) is 10.0. The van der Waals surface area contributed by atoms with Gasteiger partial charge in [-0.15, -0.1) is 0 Å². The van der Waals surface area contributed by atoms with Gasteiger partial charge < -0.3 is 9.36 Å². The van der Waals surface area contributed by atoms with Gasteiger partial charge in [-0.05, 0) is 24.5 Å². The zero-order chi connectivity index (χ0) is 11.7. The molecule has 1 aromatic heterocycles. The maximum atomic E-state index is 11.2. The van der Waals surface area contributed by atoms with Gasteiger partial charge in [0, 0.05) is 30.6 Å². The van der Waals surface area contributed by atoms with Crippen LogP contribution >= 0.6 is 0 Å². The number of nitrogens with zero attached hydrogens (tertiary/aromatic N) is 1. The van der Waals surface area contributed by atoms with Gasteiger partial charge in [0.05, 0.1) is 0 Å². The highest BCUT2D eigenvalue weighted by atomic mass is 16.1. The van der Waals surface area contributed by atoms with E-state index in [-0.39, 0.29) is 5.78 Å². The summed E-state index contributed by atoms with van der Waals surface area (Å²) in [6, 6.07) is 8.33. The average molecular weight is 215 g/mol. The monoisotopic (exact) mass is 215 g/mol. The number of hydrogen-bond acceptors (Lipinski definition) is 1. The lowest BCUT2D eigenvalue weighted by Gasteiger charge is -2.07. The van der Waals surface area contributed by atoms with Crippen molar-refractivity contribution in [1.82, 2.24) is 4.57 Å². The summed E-state index contributed by atoms with van der Waals surface area (Å²) < 4.78 is 2.13. The quantitative estimate of drug-likeness (QED) is 0.770. The van der Waals surface area contributed by atoms with Crippen LogP contribution < -0.4 is 0 Å². The average Bonchev–Trinajstić information content (AvgIpc) is 2.56. The first kappa shape index (κ1) is 10.9. The van der Waals surface area contributed by atoms with Crippen molar-refractivity contribution in [3.8, 4) is 0 Å². The molecule has 2 rings (SSSR count). The number of Topliss-reactive ketones (excluding diaryl/α,β-unsaturated/α-hetero) is 1. The Morgan fingerprint density at radius 3 is 2.75 bits per heavy atom. The second-order valence-corrected chi connectivity index (χ2v) is 4.52. The van der Waals surface area contributed by atoms with Crippen LogP contribution in [0.15, 0.2) is 30.5 Å². The minimum Gasteiger partial charge on any atom is -0.350 e. The van der Waals surface area contributed by atoms with Crippen molar-refractivity contribution in [1.29, 1.82) is 0 Å². The predicted molar refractivity (Wildman–Crippen MR) is 66.6 cm³/mol. The third-order valence-electron chi connectivity index (χ3n) is 3.05. The number of carbonyl (C=O) groups is 1. The molecule has 84 valence electrons. The Kier molecular flexibility index (Phi) is 2.82. The van der Waals surface area contributed by atoms with Crippen LogP contribution in [0.5, 0.6) is 0 Å². The summed E-state index contributed by atoms with van der Waals surface area (Å²) in [6.07, 6.45) is 2.76. The number of fused-ring (bicyclic) bond motifs is 1. The first-order valence-electron chi connectivity index (χ1n) is 5.63. The van der Waals surface area contributed by atoms with Crippen molar-refractivity contribution in [2.45, 2.75) is 26.2 Å². The standard InChI is InChI=1S/C14H17NO/c1-10(8-11(2)16)13-9-15(3)14-7-5-4-6-12(13)14/h4-7,9-10H,8H2,1-3H3/t10-/m0/s1. The molecule has 2 heteroatoms. The lowest BCUT2D eigenvalue weighted by Crippen LogP contribution is -1.99. The van der Waals surface area contributed by atoms with Crippen LogP contribution in [0.25, 0.3) is 10.9 Å². The molecule has 2 aromatic rings. The van der Waals surface area contributed by atoms with Crippen molar-refractivity contribution in [3.05, 3.63) is 36.0 Å². The minimum absolute atomic E-state index is 0.250. The summed E-state index contributed by atoms with van der Waals surface area (Å²) in [6.45, 7) is 3.77. The number of aromatic nitrogens is 1. The van der Waals surface area contributed by atoms with Crippen LogP contribution in [-0.2, 0) is 11.8 Å². The Hall–Kier alpha value is -1.57. The molecule has 1 atom stereocenters. The number of benzene rings is 1. The maximum absolute atomic E-state index is 11.2. The molecule has 0 amide bonds. The summed E-state index contributed by atoms with van der Waals surface area (Å²) in [4.78, 5) is 11.2. The number of hydrogen-bond donors (Lipinski definition) is 0. The molecule has 0 bridgehead atoms. The van der Waals surface area contributed by atoms with Crippen LogP contribution in [0.2, 0.25) is 0 Å². The Labute approximate surface area is 95.9 Å². The van der Waals surface area contributed by atoms with Crippen molar-refractivity contribution in [2.24, 2.45) is 7.05 Å². The van der Waals surface area contributed by atoms with E-state index in [1.807, 2.05) is 19.2 Å². The molecule has 0 unspecified atom stereocenters. The van der Waals surface area contributed by atoms with E-state index in [0.717, 1.165) is 0 Å². The Bertz CT molecular complexity index is 525. The largest absolute Gasteiger partial charge is 0.350 e. The molecular formula is C14H17NO. The Morgan fingerprint density at radius 1 is 1.38 bits per heavy atom. The van der Waals surface area contributed by atoms with Gasteiger partial charge >= 0.3 is 0 Å². The van der Waals surface area contributed by atoms with Crippen molar-refractivity contribution >= 4 is 16.7 Å². The second-order valence-electron chi connectivity index (χ2n) is 4.52. The van der Waals surface area contributed by atoms with E-state index < -0.39 is 0 Å². The molecule has 0 aliphatic rings. The molecule has 0 fully saturated rings. The molecule has 0 N–H and O–H groups in total. The smallest absolute Gasteiger partial charge is 0.130 e. The van der Waals surface area contributed by atoms with Gasteiger partial charge in [0.25, 0.3) is 0 Å². The number of carbonyl (C=O) groups excluding carboxylic acids is 1. The first-order valence-corrected chi connectivity index (χ1v) is 5.63. The van der Waals surface area contributed by atoms with Gasteiger partial charge in [0.15, 0.2) is 0 Å². The minimum atomic E-state index is 0.250. The summed E-state index contributed by atoms with van der Waals surface area (Å²) >= 11 is 0. The van der Waals surface area contributed by atoms with Gasteiger partial charge in [-0.1, -0.05) is 25.1 Å². The van der Waals surface area contributed by atoms with Gasteiger partial charge in [-0.25, -0.2) is 0 Å². The number of aryl methyl sites for hydroxylation is 1. The molecule has 0 saturated heterocycles. The van der Waals surface area contributed by atoms with E-state index in [1.165, 1.54) is 16.5 Å².